The molecule has 0 atom stereocenters. The van der Waals surface area contributed by atoms with Crippen molar-refractivity contribution in [2.24, 2.45) is 0 Å². The van der Waals surface area contributed by atoms with Crippen molar-refractivity contribution < 1.29 is 13.2 Å². The van der Waals surface area contributed by atoms with Crippen LogP contribution in [0.5, 0.6) is 0 Å². The zero-order valence-corrected chi connectivity index (χ0v) is 16.4. The van der Waals surface area contributed by atoms with Crippen molar-refractivity contribution in [3.8, 4) is 11.1 Å². The van der Waals surface area contributed by atoms with Crippen molar-refractivity contribution in [2.75, 3.05) is 11.1 Å². The maximum absolute atomic E-state index is 12.1. The van der Waals surface area contributed by atoms with E-state index in [1.807, 2.05) is 54.6 Å². The molecule has 3 aromatic carbocycles. The quantitative estimate of drug-likeness (QED) is 0.648. The monoisotopic (exact) mass is 394 g/mol. The number of hydrogen-bond donors (Lipinski definition) is 2. The van der Waals surface area contributed by atoms with Gasteiger partial charge in [-0.05, 0) is 41.0 Å². The van der Waals surface area contributed by atoms with Gasteiger partial charge in [0.1, 0.15) is 0 Å². The van der Waals surface area contributed by atoms with Gasteiger partial charge in [-0.3, -0.25) is 0 Å². The largest absolute Gasteiger partial charge is 0.334 e. The van der Waals surface area contributed by atoms with Crippen LogP contribution in [-0.4, -0.2) is 20.2 Å². The number of carbonyl (C=O) groups excluding carboxylic acids is 1. The lowest BCUT2D eigenvalue weighted by Crippen LogP contribution is -2.28. The molecule has 2 amide bonds. The van der Waals surface area contributed by atoms with Crippen LogP contribution in [0.1, 0.15) is 12.5 Å². The van der Waals surface area contributed by atoms with Crippen molar-refractivity contribution in [3.63, 3.8) is 0 Å². The fourth-order valence-corrected chi connectivity index (χ4v) is 3.60. The Morgan fingerprint density at radius 1 is 0.821 bits per heavy atom. The summed E-state index contributed by atoms with van der Waals surface area (Å²) in [5.74, 6) is 0.0655. The molecule has 3 rings (SSSR count). The van der Waals surface area contributed by atoms with Gasteiger partial charge in [-0.1, -0.05) is 61.5 Å². The SMILES string of the molecule is CCS(=O)(=O)c1ccc(CNC(=O)Nc2ccc(-c3ccccc3)cc2)cc1. The van der Waals surface area contributed by atoms with Crippen molar-refractivity contribution >= 4 is 21.6 Å². The van der Waals surface area contributed by atoms with Gasteiger partial charge in [-0.2, -0.15) is 0 Å². The van der Waals surface area contributed by atoms with Crippen LogP contribution in [0.25, 0.3) is 11.1 Å². The lowest BCUT2D eigenvalue weighted by atomic mass is 10.1. The Kier molecular flexibility index (Phi) is 6.11. The molecule has 0 radical (unpaired) electrons. The fraction of sp³-hybridized carbons (Fsp3) is 0.136. The fourth-order valence-electron chi connectivity index (χ4n) is 2.72. The highest BCUT2D eigenvalue weighted by Gasteiger charge is 2.11. The zero-order chi connectivity index (χ0) is 20.0. The van der Waals surface area contributed by atoms with Gasteiger partial charge in [-0.15, -0.1) is 0 Å². The van der Waals surface area contributed by atoms with Crippen molar-refractivity contribution in [1.29, 1.82) is 0 Å². The van der Waals surface area contributed by atoms with Gasteiger partial charge < -0.3 is 10.6 Å². The van der Waals surface area contributed by atoms with E-state index >= 15 is 0 Å². The van der Waals surface area contributed by atoms with Gasteiger partial charge >= 0.3 is 6.03 Å². The highest BCUT2D eigenvalue weighted by atomic mass is 32.2. The topological polar surface area (TPSA) is 75.3 Å². The highest BCUT2D eigenvalue weighted by molar-refractivity contribution is 7.91. The first-order valence-electron chi connectivity index (χ1n) is 9.00. The predicted molar refractivity (Wildman–Crippen MR) is 112 cm³/mol. The van der Waals surface area contributed by atoms with Crippen molar-refractivity contribution in [1.82, 2.24) is 5.32 Å². The number of sulfone groups is 1. The Bertz CT molecular complexity index is 1030. The second kappa shape index (κ2) is 8.71. The molecule has 0 aliphatic heterocycles. The minimum absolute atomic E-state index is 0.0655. The molecule has 2 N–H and O–H groups in total. The van der Waals surface area contributed by atoms with Crippen LogP contribution in [0.3, 0.4) is 0 Å². The summed E-state index contributed by atoms with van der Waals surface area (Å²) in [5.41, 5.74) is 3.71. The van der Waals surface area contributed by atoms with Crippen LogP contribution >= 0.6 is 0 Å². The molecule has 0 saturated heterocycles. The van der Waals surface area contributed by atoms with Crippen molar-refractivity contribution in [3.05, 3.63) is 84.4 Å². The first-order valence-corrected chi connectivity index (χ1v) is 10.7. The summed E-state index contributed by atoms with van der Waals surface area (Å²) in [7, 11) is -3.21. The highest BCUT2D eigenvalue weighted by Crippen LogP contribution is 2.21. The molecular weight excluding hydrogens is 372 g/mol. The smallest absolute Gasteiger partial charge is 0.319 e. The van der Waals surface area contributed by atoms with E-state index in [0.717, 1.165) is 16.7 Å². The Balaban J connectivity index is 1.54. The number of hydrogen-bond acceptors (Lipinski definition) is 3. The first kappa shape index (κ1) is 19.6. The number of urea groups is 1. The van der Waals surface area contributed by atoms with Gasteiger partial charge in [0.2, 0.25) is 0 Å². The number of anilines is 1. The van der Waals surface area contributed by atoms with Gasteiger partial charge in [-0.25, -0.2) is 13.2 Å². The maximum Gasteiger partial charge on any atom is 0.319 e. The number of amides is 2. The summed E-state index contributed by atoms with van der Waals surface area (Å²) in [6, 6.07) is 23.9. The van der Waals surface area contributed by atoms with Crippen LogP contribution in [0.15, 0.2) is 83.8 Å². The van der Waals surface area contributed by atoms with E-state index in [1.165, 1.54) is 0 Å². The second-order valence-electron chi connectivity index (χ2n) is 6.30. The zero-order valence-electron chi connectivity index (χ0n) is 15.6. The van der Waals surface area contributed by atoms with Gasteiger partial charge in [0.25, 0.3) is 0 Å². The third kappa shape index (κ3) is 4.98. The van der Waals surface area contributed by atoms with Crippen LogP contribution in [0.2, 0.25) is 0 Å². The summed E-state index contributed by atoms with van der Waals surface area (Å²) in [4.78, 5) is 12.4. The van der Waals surface area contributed by atoms with Gasteiger partial charge in [0.15, 0.2) is 9.84 Å². The Labute approximate surface area is 165 Å². The third-order valence-electron chi connectivity index (χ3n) is 4.37. The average Bonchev–Trinajstić information content (AvgIpc) is 2.74. The first-order chi connectivity index (χ1) is 13.5. The van der Waals surface area contributed by atoms with E-state index in [1.54, 1.807) is 31.2 Å². The van der Waals surface area contributed by atoms with Gasteiger partial charge in [0.05, 0.1) is 10.6 Å². The molecule has 0 fully saturated rings. The Morgan fingerprint density at radius 2 is 1.43 bits per heavy atom. The van der Waals surface area contributed by atoms with E-state index in [0.29, 0.717) is 17.1 Å². The molecule has 0 spiro atoms. The maximum atomic E-state index is 12.1. The molecule has 0 bridgehead atoms. The number of nitrogens with one attached hydrogen (secondary N) is 2. The normalized spacial score (nSPS) is 11.0. The Hall–Kier alpha value is -3.12. The van der Waals surface area contributed by atoms with Crippen LogP contribution in [-0.2, 0) is 16.4 Å². The predicted octanol–water partition coefficient (Wildman–Crippen LogP) is 4.47. The van der Waals surface area contributed by atoms with Crippen LogP contribution < -0.4 is 10.6 Å². The van der Waals surface area contributed by atoms with Gasteiger partial charge in [0, 0.05) is 12.2 Å². The molecule has 5 nitrogen and oxygen atoms in total. The molecule has 0 aliphatic carbocycles. The standard InChI is InChI=1S/C22H22N2O3S/c1-2-28(26,27)21-14-8-17(9-15-21)16-23-22(25)24-20-12-10-19(11-13-20)18-6-4-3-5-7-18/h3-15H,2,16H2,1H3,(H2,23,24,25). The number of carbonyl (C=O) groups is 1. The molecular formula is C22H22N2O3S. The lowest BCUT2D eigenvalue weighted by Gasteiger charge is -2.09. The van der Waals surface area contributed by atoms with Crippen LogP contribution in [0, 0.1) is 0 Å². The summed E-state index contributed by atoms with van der Waals surface area (Å²) in [5, 5.41) is 5.56. The molecule has 3 aromatic rings. The summed E-state index contributed by atoms with van der Waals surface area (Å²) >= 11 is 0. The lowest BCUT2D eigenvalue weighted by molar-refractivity contribution is 0.251. The molecule has 28 heavy (non-hydrogen) atoms. The molecule has 144 valence electrons. The van der Waals surface area contributed by atoms with E-state index < -0.39 is 9.84 Å². The molecule has 0 unspecified atom stereocenters. The number of rotatable bonds is 6. The molecule has 0 aliphatic rings. The summed E-state index contributed by atoms with van der Waals surface area (Å²) < 4.78 is 23.6. The second-order valence-corrected chi connectivity index (χ2v) is 8.58. The summed E-state index contributed by atoms with van der Waals surface area (Å²) in [6.07, 6.45) is 0. The number of benzene rings is 3. The third-order valence-corrected chi connectivity index (χ3v) is 6.12. The van der Waals surface area contributed by atoms with E-state index in [-0.39, 0.29) is 11.8 Å². The summed E-state index contributed by atoms with van der Waals surface area (Å²) in [6.45, 7) is 1.92. The molecule has 6 heteroatoms. The van der Waals surface area contributed by atoms with Crippen LogP contribution in [0.4, 0.5) is 10.5 Å². The molecule has 0 aromatic heterocycles. The minimum Gasteiger partial charge on any atom is -0.334 e. The minimum atomic E-state index is -3.21. The van der Waals surface area contributed by atoms with E-state index in [2.05, 4.69) is 10.6 Å². The molecule has 0 saturated carbocycles. The Morgan fingerprint density at radius 3 is 2.04 bits per heavy atom. The van der Waals surface area contributed by atoms with E-state index in [4.69, 9.17) is 0 Å². The van der Waals surface area contributed by atoms with E-state index in [9.17, 15) is 13.2 Å². The molecule has 0 heterocycles. The van der Waals surface area contributed by atoms with Crippen molar-refractivity contribution in [2.45, 2.75) is 18.4 Å². The average molecular weight is 394 g/mol.